The Labute approximate surface area is 72.2 Å². The van der Waals surface area contributed by atoms with Crippen molar-refractivity contribution < 1.29 is 9.53 Å². The average molecular weight is 163 g/mol. The fourth-order valence-corrected chi connectivity index (χ4v) is 0.851. The van der Waals surface area contributed by atoms with E-state index >= 15 is 0 Å². The van der Waals surface area contributed by atoms with Gasteiger partial charge >= 0.3 is 0 Å². The molecule has 0 N–H and O–H groups in total. The number of ether oxygens (including phenoxy) is 1. The summed E-state index contributed by atoms with van der Waals surface area (Å²) in [7, 11) is 0. The molecule has 0 heterocycles. The van der Waals surface area contributed by atoms with E-state index in [0.29, 0.717) is 13.0 Å². The molecule has 1 radical (unpaired) electrons. The molecule has 0 aliphatic carbocycles. The molecule has 0 amide bonds. The van der Waals surface area contributed by atoms with Gasteiger partial charge in [0.25, 0.3) is 0 Å². The molecule has 1 aromatic carbocycles. The van der Waals surface area contributed by atoms with E-state index in [1.807, 2.05) is 36.6 Å². The van der Waals surface area contributed by atoms with Gasteiger partial charge in [0, 0.05) is 6.42 Å². The summed E-state index contributed by atoms with van der Waals surface area (Å²) in [6, 6.07) is 9.56. The topological polar surface area (TPSA) is 26.3 Å². The lowest BCUT2D eigenvalue weighted by Crippen LogP contribution is -1.96. The number of rotatable bonds is 5. The molecular weight excluding hydrogens is 152 g/mol. The standard InChI is InChI=1S/C10H11O2/c11-8-4-5-9-12-10-6-2-1-3-7-10/h1-3,6-7H,4-5,9H2. The van der Waals surface area contributed by atoms with E-state index in [2.05, 4.69) is 0 Å². The van der Waals surface area contributed by atoms with Crippen molar-refractivity contribution in [1.29, 1.82) is 0 Å². The Morgan fingerprint density at radius 2 is 2.00 bits per heavy atom. The fourth-order valence-electron chi connectivity index (χ4n) is 0.851. The Hall–Kier alpha value is -1.31. The van der Waals surface area contributed by atoms with Gasteiger partial charge in [-0.25, -0.2) is 0 Å². The lowest BCUT2D eigenvalue weighted by molar-refractivity contribution is 0.312. The highest BCUT2D eigenvalue weighted by Gasteiger charge is 1.90. The molecule has 0 saturated carbocycles. The van der Waals surface area contributed by atoms with Gasteiger partial charge in [0.1, 0.15) is 5.75 Å². The van der Waals surface area contributed by atoms with Crippen LogP contribution in [0.25, 0.3) is 0 Å². The van der Waals surface area contributed by atoms with Crippen molar-refractivity contribution >= 4 is 6.29 Å². The van der Waals surface area contributed by atoms with E-state index in [4.69, 9.17) is 4.74 Å². The Bertz CT molecular complexity index is 219. The van der Waals surface area contributed by atoms with Crippen LogP contribution in [0, 0.1) is 0 Å². The Balaban J connectivity index is 2.20. The van der Waals surface area contributed by atoms with Gasteiger partial charge in [-0.1, -0.05) is 18.2 Å². The number of para-hydroxylation sites is 1. The van der Waals surface area contributed by atoms with Crippen LogP contribution in [-0.4, -0.2) is 12.9 Å². The minimum absolute atomic E-state index is 0.451. The van der Waals surface area contributed by atoms with E-state index in [0.717, 1.165) is 12.2 Å². The highest BCUT2D eigenvalue weighted by molar-refractivity contribution is 5.50. The summed E-state index contributed by atoms with van der Waals surface area (Å²) in [6.45, 7) is 0.583. The predicted molar refractivity (Wildman–Crippen MR) is 46.9 cm³/mol. The molecular formula is C10H11O2. The van der Waals surface area contributed by atoms with Crippen LogP contribution < -0.4 is 4.74 Å². The monoisotopic (exact) mass is 163 g/mol. The zero-order valence-corrected chi connectivity index (χ0v) is 6.82. The Morgan fingerprint density at radius 1 is 1.25 bits per heavy atom. The van der Waals surface area contributed by atoms with Crippen molar-refractivity contribution in [3.8, 4) is 5.75 Å². The molecule has 12 heavy (non-hydrogen) atoms. The quantitative estimate of drug-likeness (QED) is 0.620. The molecule has 0 bridgehead atoms. The first-order valence-corrected chi connectivity index (χ1v) is 3.96. The maximum atomic E-state index is 9.84. The van der Waals surface area contributed by atoms with Gasteiger partial charge in [0.05, 0.1) is 6.61 Å². The zero-order chi connectivity index (χ0) is 8.65. The third-order valence-electron chi connectivity index (χ3n) is 1.44. The lowest BCUT2D eigenvalue weighted by atomic mass is 10.3. The maximum absolute atomic E-state index is 9.84. The van der Waals surface area contributed by atoms with Crippen molar-refractivity contribution in [2.75, 3.05) is 6.61 Å². The van der Waals surface area contributed by atoms with E-state index in [1.165, 1.54) is 0 Å². The normalized spacial score (nSPS) is 9.33. The highest BCUT2D eigenvalue weighted by atomic mass is 16.5. The van der Waals surface area contributed by atoms with Crippen LogP contribution >= 0.6 is 0 Å². The predicted octanol–water partition coefficient (Wildman–Crippen LogP) is 1.96. The Kier molecular flexibility index (Phi) is 3.92. The number of carbonyl (C=O) groups excluding carboxylic acids is 1. The third kappa shape index (κ3) is 3.19. The number of unbranched alkanes of at least 4 members (excludes halogenated alkanes) is 1. The minimum atomic E-state index is 0.451. The third-order valence-corrected chi connectivity index (χ3v) is 1.44. The van der Waals surface area contributed by atoms with Gasteiger partial charge in [-0.2, -0.15) is 0 Å². The Morgan fingerprint density at radius 3 is 2.67 bits per heavy atom. The fraction of sp³-hybridized carbons (Fsp3) is 0.300. The van der Waals surface area contributed by atoms with Crippen molar-refractivity contribution in [3.63, 3.8) is 0 Å². The first-order valence-electron chi connectivity index (χ1n) is 3.96. The number of benzene rings is 1. The number of hydrogen-bond acceptors (Lipinski definition) is 2. The van der Waals surface area contributed by atoms with Crippen molar-refractivity contribution in [1.82, 2.24) is 0 Å². The highest BCUT2D eigenvalue weighted by Crippen LogP contribution is 2.08. The molecule has 63 valence electrons. The number of hydrogen-bond donors (Lipinski definition) is 0. The van der Waals surface area contributed by atoms with Crippen LogP contribution in [0.5, 0.6) is 5.75 Å². The summed E-state index contributed by atoms with van der Waals surface area (Å²) in [4.78, 5) is 9.84. The first-order chi connectivity index (χ1) is 5.93. The second-order valence-corrected chi connectivity index (χ2v) is 2.41. The smallest absolute Gasteiger partial charge is 0.198 e. The summed E-state index contributed by atoms with van der Waals surface area (Å²) in [6.07, 6.45) is 3.01. The molecule has 0 saturated heterocycles. The summed E-state index contributed by atoms with van der Waals surface area (Å²) in [5.74, 6) is 0.850. The molecule has 0 spiro atoms. The van der Waals surface area contributed by atoms with Gasteiger partial charge in [0.2, 0.25) is 0 Å². The van der Waals surface area contributed by atoms with Crippen LogP contribution in [0.15, 0.2) is 30.3 Å². The summed E-state index contributed by atoms with van der Waals surface area (Å²) < 4.78 is 5.33. The van der Waals surface area contributed by atoms with Crippen LogP contribution in [0.3, 0.4) is 0 Å². The molecule has 0 aliphatic heterocycles. The van der Waals surface area contributed by atoms with E-state index < -0.39 is 0 Å². The molecule has 0 aromatic heterocycles. The molecule has 1 rings (SSSR count). The summed E-state index contributed by atoms with van der Waals surface area (Å²) in [5.41, 5.74) is 0. The van der Waals surface area contributed by atoms with Crippen molar-refractivity contribution in [3.05, 3.63) is 30.3 Å². The van der Waals surface area contributed by atoms with Gasteiger partial charge in [0.15, 0.2) is 6.29 Å². The van der Waals surface area contributed by atoms with Gasteiger partial charge < -0.3 is 4.74 Å². The van der Waals surface area contributed by atoms with Crippen molar-refractivity contribution in [2.24, 2.45) is 0 Å². The van der Waals surface area contributed by atoms with E-state index in [-0.39, 0.29) is 0 Å². The van der Waals surface area contributed by atoms with Crippen LogP contribution in [-0.2, 0) is 4.79 Å². The molecule has 0 unspecified atom stereocenters. The largest absolute Gasteiger partial charge is 0.494 e. The molecule has 1 aromatic rings. The van der Waals surface area contributed by atoms with E-state index in [1.54, 1.807) is 0 Å². The summed E-state index contributed by atoms with van der Waals surface area (Å²) >= 11 is 0. The average Bonchev–Trinajstić information content (AvgIpc) is 2.14. The van der Waals surface area contributed by atoms with Crippen LogP contribution in [0.1, 0.15) is 12.8 Å². The second-order valence-electron chi connectivity index (χ2n) is 2.41. The first kappa shape index (κ1) is 8.78. The van der Waals surface area contributed by atoms with Gasteiger partial charge in [-0.15, -0.1) is 0 Å². The van der Waals surface area contributed by atoms with Crippen LogP contribution in [0.2, 0.25) is 0 Å². The molecule has 0 aliphatic rings. The van der Waals surface area contributed by atoms with E-state index in [9.17, 15) is 4.79 Å². The zero-order valence-electron chi connectivity index (χ0n) is 6.82. The molecule has 0 atom stereocenters. The van der Waals surface area contributed by atoms with Crippen molar-refractivity contribution in [2.45, 2.75) is 12.8 Å². The van der Waals surface area contributed by atoms with Gasteiger partial charge in [-0.3, -0.25) is 4.79 Å². The van der Waals surface area contributed by atoms with Crippen LogP contribution in [0.4, 0.5) is 0 Å². The molecule has 0 fully saturated rings. The second kappa shape index (κ2) is 5.35. The maximum Gasteiger partial charge on any atom is 0.198 e. The molecule has 2 nitrogen and oxygen atoms in total. The lowest BCUT2D eigenvalue weighted by Gasteiger charge is -2.02. The van der Waals surface area contributed by atoms with Gasteiger partial charge in [-0.05, 0) is 18.6 Å². The summed E-state index contributed by atoms with van der Waals surface area (Å²) in [5, 5.41) is 0. The SMILES string of the molecule is O=[C]CCCOc1ccccc1. The minimum Gasteiger partial charge on any atom is -0.494 e. The molecule has 2 heteroatoms.